The molecule has 0 aliphatic carbocycles. The number of hydrogen-bond donors (Lipinski definition) is 3. The topological polar surface area (TPSA) is 186 Å². The lowest BCUT2D eigenvalue weighted by molar-refractivity contribution is -0.134. The minimum Gasteiger partial charge on any atom is -0.457 e. The predicted molar refractivity (Wildman–Crippen MR) is 222 cm³/mol. The van der Waals surface area contributed by atoms with Gasteiger partial charge in [-0.15, -0.1) is 0 Å². The summed E-state index contributed by atoms with van der Waals surface area (Å²) in [7, 11) is 0. The number of pyridine rings is 1. The fourth-order valence-corrected chi connectivity index (χ4v) is 9.02. The van der Waals surface area contributed by atoms with Crippen molar-refractivity contribution >= 4 is 40.4 Å². The third-order valence-electron chi connectivity index (χ3n) is 12.5. The number of para-hydroxylation sites is 1. The zero-order valence-corrected chi connectivity index (χ0v) is 33.5. The van der Waals surface area contributed by atoms with E-state index < -0.39 is 42.1 Å². The van der Waals surface area contributed by atoms with Gasteiger partial charge in [-0.1, -0.05) is 18.2 Å². The Hall–Kier alpha value is -6.27. The summed E-state index contributed by atoms with van der Waals surface area (Å²) in [5.41, 5.74) is 7.42. The zero-order chi connectivity index (χ0) is 42.3. The maximum absolute atomic E-state index is 16.2. The maximum atomic E-state index is 16.2. The van der Waals surface area contributed by atoms with Gasteiger partial charge in [0.25, 0.3) is 11.8 Å². The van der Waals surface area contributed by atoms with Crippen LogP contribution in [0.2, 0.25) is 0 Å². The number of amides is 3. The van der Waals surface area contributed by atoms with Gasteiger partial charge in [-0.2, -0.15) is 0 Å². The quantitative estimate of drug-likeness (QED) is 0.164. The van der Waals surface area contributed by atoms with Gasteiger partial charge in [-0.25, -0.2) is 28.5 Å². The summed E-state index contributed by atoms with van der Waals surface area (Å²) >= 11 is 0. The average molecular weight is 836 g/mol. The number of likely N-dealkylation sites (tertiary alicyclic amines) is 2. The number of alkyl halides is 2. The van der Waals surface area contributed by atoms with Gasteiger partial charge in [0.2, 0.25) is 11.8 Å². The molecule has 3 aromatic heterocycles. The van der Waals surface area contributed by atoms with Crippen LogP contribution in [0.25, 0.3) is 16.9 Å². The van der Waals surface area contributed by atoms with Gasteiger partial charge in [0.15, 0.2) is 11.5 Å². The minimum absolute atomic E-state index is 0.0209. The number of hydrogen-bond acceptors (Lipinski definition) is 12. The van der Waals surface area contributed by atoms with Crippen molar-refractivity contribution in [3.05, 3.63) is 95.4 Å². The van der Waals surface area contributed by atoms with Crippen molar-refractivity contribution in [2.75, 3.05) is 56.4 Å². The summed E-state index contributed by atoms with van der Waals surface area (Å²) in [6, 6.07) is 17.8. The second kappa shape index (κ2) is 16.6. The molecule has 7 heterocycles. The second-order valence-corrected chi connectivity index (χ2v) is 16.4. The van der Waals surface area contributed by atoms with E-state index in [4.69, 9.17) is 10.5 Å². The molecule has 0 radical (unpaired) electrons. The molecule has 4 saturated heterocycles. The standard InChI is InChI=1S/C43H47F2N11O5/c44-43(45)25-52(19-17-35(43)56-39-37(38(46)48-26-49-39)55(42(56)60)28-6-9-32(10-7-28)61-31-4-2-1-3-5-31)18-14-27-15-20-53(21-16-27)30-23-54(24-30)29-8-11-33(47-22-29)40(58)50-34-12-13-36(57)51-41(34)59/h1-11,22,26-27,30,34-35H,12-21,23-25H2,(H,50,58)(H2,46,48,49)(H,51,57,59)/t34-,35+/m0/s1. The monoisotopic (exact) mass is 835 g/mol. The van der Waals surface area contributed by atoms with Crippen LogP contribution in [0.5, 0.6) is 11.5 Å². The Bertz CT molecular complexity index is 2470. The highest BCUT2D eigenvalue weighted by Crippen LogP contribution is 2.39. The van der Waals surface area contributed by atoms with Crippen molar-refractivity contribution in [3.63, 3.8) is 0 Å². The molecule has 18 heteroatoms. The van der Waals surface area contributed by atoms with Crippen molar-refractivity contribution in [3.8, 4) is 17.2 Å². The third-order valence-corrected chi connectivity index (χ3v) is 12.5. The van der Waals surface area contributed by atoms with Crippen molar-refractivity contribution < 1.29 is 27.9 Å². The van der Waals surface area contributed by atoms with Gasteiger partial charge in [0, 0.05) is 32.1 Å². The number of carbonyl (C=O) groups excluding carboxylic acids is 3. The number of piperidine rings is 3. The first-order valence-electron chi connectivity index (χ1n) is 20.8. The molecule has 3 amide bonds. The van der Waals surface area contributed by atoms with E-state index in [1.807, 2.05) is 41.3 Å². The highest BCUT2D eigenvalue weighted by molar-refractivity contribution is 6.03. The number of fused-ring (bicyclic) bond motifs is 1. The van der Waals surface area contributed by atoms with E-state index in [0.717, 1.165) is 55.7 Å². The molecule has 5 aromatic rings. The van der Waals surface area contributed by atoms with Crippen LogP contribution in [0.3, 0.4) is 0 Å². The Labute approximate surface area is 349 Å². The van der Waals surface area contributed by atoms with Crippen LogP contribution in [0.15, 0.2) is 84.0 Å². The summed E-state index contributed by atoms with van der Waals surface area (Å²) in [4.78, 5) is 69.4. The fourth-order valence-electron chi connectivity index (χ4n) is 9.02. The molecule has 16 nitrogen and oxygen atoms in total. The summed E-state index contributed by atoms with van der Waals surface area (Å²) < 4.78 is 40.7. The zero-order valence-electron chi connectivity index (χ0n) is 33.5. The second-order valence-electron chi connectivity index (χ2n) is 16.4. The first-order valence-corrected chi connectivity index (χ1v) is 20.8. The largest absolute Gasteiger partial charge is 0.457 e. The molecule has 61 heavy (non-hydrogen) atoms. The lowest BCUT2D eigenvalue weighted by Crippen LogP contribution is -2.61. The van der Waals surface area contributed by atoms with Gasteiger partial charge >= 0.3 is 5.69 Å². The first kappa shape index (κ1) is 40.2. The van der Waals surface area contributed by atoms with Crippen LogP contribution in [0.1, 0.15) is 55.1 Å². The predicted octanol–water partition coefficient (Wildman–Crippen LogP) is 3.76. The number of anilines is 2. The molecule has 9 rings (SSSR count). The van der Waals surface area contributed by atoms with Gasteiger partial charge < -0.3 is 20.7 Å². The van der Waals surface area contributed by atoms with Crippen molar-refractivity contribution in [1.82, 2.24) is 44.5 Å². The number of halogens is 2. The average Bonchev–Trinajstić information content (AvgIpc) is 3.53. The Morgan fingerprint density at radius 2 is 1.62 bits per heavy atom. The SMILES string of the molecule is Nc1ncnc2c1n(-c1ccc(Oc3ccccc3)cc1)c(=O)n2[C@@H]1CCN(CCC2CCN(C3CN(c4ccc(C(=O)N[C@H]5CCC(=O)NC5=O)nc4)C3)CC2)CC1(F)F. The maximum Gasteiger partial charge on any atom is 0.335 e. The van der Waals surface area contributed by atoms with Crippen molar-refractivity contribution in [1.29, 1.82) is 0 Å². The number of nitrogens with zero attached hydrogens (tertiary/aromatic N) is 8. The Morgan fingerprint density at radius 1 is 0.885 bits per heavy atom. The molecule has 2 atom stereocenters. The van der Waals surface area contributed by atoms with Gasteiger partial charge in [0.05, 0.1) is 24.1 Å². The number of nitrogens with one attached hydrogen (secondary N) is 2. The molecule has 0 saturated carbocycles. The van der Waals surface area contributed by atoms with Crippen LogP contribution >= 0.6 is 0 Å². The van der Waals surface area contributed by atoms with E-state index >= 15 is 8.78 Å². The van der Waals surface area contributed by atoms with E-state index in [2.05, 4.69) is 35.4 Å². The number of imidazole rings is 1. The molecule has 4 aliphatic heterocycles. The molecular weight excluding hydrogens is 789 g/mol. The molecule has 0 bridgehead atoms. The number of benzene rings is 2. The van der Waals surface area contributed by atoms with Gasteiger partial charge in [-0.05, 0) is 106 Å². The molecule has 318 valence electrons. The number of carbonyl (C=O) groups is 3. The van der Waals surface area contributed by atoms with E-state index in [1.54, 1.807) is 36.5 Å². The number of nitrogens with two attached hydrogens (primary N) is 1. The number of nitrogen functional groups attached to an aromatic ring is 1. The van der Waals surface area contributed by atoms with E-state index in [0.29, 0.717) is 42.2 Å². The number of rotatable bonds is 11. The summed E-state index contributed by atoms with van der Waals surface area (Å²) in [6.45, 7) is 4.09. The van der Waals surface area contributed by atoms with Crippen molar-refractivity contribution in [2.45, 2.75) is 62.6 Å². The van der Waals surface area contributed by atoms with Crippen LogP contribution in [-0.2, 0) is 9.59 Å². The van der Waals surface area contributed by atoms with Crippen LogP contribution in [0, 0.1) is 5.92 Å². The van der Waals surface area contributed by atoms with Crippen molar-refractivity contribution in [2.24, 2.45) is 5.92 Å². The lowest BCUT2D eigenvalue weighted by atomic mass is 9.91. The minimum atomic E-state index is -3.20. The van der Waals surface area contributed by atoms with E-state index in [-0.39, 0.29) is 47.8 Å². The molecule has 2 aromatic carbocycles. The summed E-state index contributed by atoms with van der Waals surface area (Å²) in [5, 5.41) is 4.89. The number of imide groups is 1. The molecular formula is C43H47F2N11O5. The highest BCUT2D eigenvalue weighted by atomic mass is 19.3. The smallest absolute Gasteiger partial charge is 0.335 e. The Morgan fingerprint density at radius 3 is 2.33 bits per heavy atom. The van der Waals surface area contributed by atoms with Gasteiger partial charge in [0.1, 0.15) is 41.1 Å². The van der Waals surface area contributed by atoms with E-state index in [1.165, 1.54) is 10.9 Å². The summed E-state index contributed by atoms with van der Waals surface area (Å²) in [5.74, 6) is -2.86. The molecule has 4 fully saturated rings. The van der Waals surface area contributed by atoms with Crippen LogP contribution in [-0.4, -0.2) is 115 Å². The molecule has 0 spiro atoms. The normalized spacial score (nSPS) is 21.6. The molecule has 0 unspecified atom stereocenters. The lowest BCUT2D eigenvalue weighted by Gasteiger charge is -2.48. The third kappa shape index (κ3) is 8.29. The summed E-state index contributed by atoms with van der Waals surface area (Å²) in [6.07, 6.45) is 6.20. The van der Waals surface area contributed by atoms with Gasteiger partial charge in [-0.3, -0.25) is 38.6 Å². The number of aromatic nitrogens is 5. The fraction of sp³-hybridized carbons (Fsp3) is 0.419. The van der Waals surface area contributed by atoms with Crippen LogP contribution < -0.4 is 31.7 Å². The number of ether oxygens (including phenoxy) is 1. The van der Waals surface area contributed by atoms with Crippen LogP contribution in [0.4, 0.5) is 20.3 Å². The molecule has 4 N–H and O–H groups in total. The van der Waals surface area contributed by atoms with E-state index in [9.17, 15) is 19.2 Å². The molecule has 4 aliphatic rings. The Balaban J connectivity index is 0.758. The Kier molecular flexibility index (Phi) is 11.0. The first-order chi connectivity index (χ1) is 29.5. The highest BCUT2D eigenvalue weighted by Gasteiger charge is 2.48.